The van der Waals surface area contributed by atoms with Crippen molar-refractivity contribution in [2.24, 2.45) is 0 Å². The average Bonchev–Trinajstić information content (AvgIpc) is 2.71. The van der Waals surface area contributed by atoms with Crippen molar-refractivity contribution in [2.75, 3.05) is 0 Å². The summed E-state index contributed by atoms with van der Waals surface area (Å²) in [5, 5.41) is 22.0. The summed E-state index contributed by atoms with van der Waals surface area (Å²) in [6.45, 7) is 7.01. The highest BCUT2D eigenvalue weighted by atomic mass is 16.5. The minimum atomic E-state index is 0.0758. The van der Waals surface area contributed by atoms with E-state index in [9.17, 15) is 10.2 Å². The van der Waals surface area contributed by atoms with Crippen LogP contribution in [0.4, 0.5) is 0 Å². The van der Waals surface area contributed by atoms with Crippen molar-refractivity contribution in [1.82, 2.24) is 0 Å². The van der Waals surface area contributed by atoms with E-state index in [2.05, 4.69) is 51.1 Å². The van der Waals surface area contributed by atoms with Crippen LogP contribution in [0.5, 0.6) is 17.2 Å². The monoisotopic (exact) mass is 396 g/mol. The number of fused-ring (bicyclic) bond motifs is 4. The minimum absolute atomic E-state index is 0.0758. The molecule has 1 aliphatic heterocycles. The van der Waals surface area contributed by atoms with Crippen molar-refractivity contribution in [3.05, 3.63) is 77.9 Å². The molecule has 0 unspecified atom stereocenters. The highest BCUT2D eigenvalue weighted by Crippen LogP contribution is 2.48. The Balaban J connectivity index is 1.81. The van der Waals surface area contributed by atoms with E-state index in [1.54, 1.807) is 24.3 Å². The molecule has 30 heavy (non-hydrogen) atoms. The van der Waals surface area contributed by atoms with E-state index in [0.29, 0.717) is 6.61 Å². The molecule has 0 bridgehead atoms. The van der Waals surface area contributed by atoms with E-state index in [-0.39, 0.29) is 16.9 Å². The lowest BCUT2D eigenvalue weighted by atomic mass is 9.84. The molecular formula is C27H24O3. The Labute approximate surface area is 176 Å². The number of ether oxygens (including phenoxy) is 1. The first kappa shape index (κ1) is 18.6. The molecule has 4 aromatic carbocycles. The van der Waals surface area contributed by atoms with Crippen LogP contribution in [0.25, 0.3) is 33.0 Å². The quantitative estimate of drug-likeness (QED) is 0.373. The SMILES string of the molecule is CC(C)(C)c1ccc(-c2c3c(cc4ccc(O)cc24)-c2ccc(O)cc2CO3)cc1. The molecular weight excluding hydrogens is 372 g/mol. The molecule has 0 aromatic heterocycles. The van der Waals surface area contributed by atoms with E-state index in [1.165, 1.54) is 5.56 Å². The predicted octanol–water partition coefficient (Wildman–Crippen LogP) is 6.77. The fraction of sp³-hybridized carbons (Fsp3) is 0.185. The highest BCUT2D eigenvalue weighted by Gasteiger charge is 2.24. The van der Waals surface area contributed by atoms with E-state index in [4.69, 9.17) is 4.74 Å². The van der Waals surface area contributed by atoms with E-state index in [0.717, 1.165) is 44.3 Å². The second kappa shape index (κ2) is 6.53. The lowest BCUT2D eigenvalue weighted by Gasteiger charge is -2.25. The van der Waals surface area contributed by atoms with Gasteiger partial charge in [0.2, 0.25) is 0 Å². The van der Waals surface area contributed by atoms with Crippen LogP contribution in [0.3, 0.4) is 0 Å². The van der Waals surface area contributed by atoms with Crippen molar-refractivity contribution < 1.29 is 14.9 Å². The number of phenolic OH excluding ortho intramolecular Hbond substituents is 2. The third-order valence-electron chi connectivity index (χ3n) is 5.87. The van der Waals surface area contributed by atoms with Crippen LogP contribution in [0.15, 0.2) is 66.7 Å². The molecule has 0 saturated carbocycles. The summed E-state index contributed by atoms with van der Waals surface area (Å²) in [6.07, 6.45) is 0. The second-order valence-corrected chi connectivity index (χ2v) is 8.99. The maximum Gasteiger partial charge on any atom is 0.136 e. The zero-order valence-electron chi connectivity index (χ0n) is 17.4. The van der Waals surface area contributed by atoms with E-state index < -0.39 is 0 Å². The lowest BCUT2D eigenvalue weighted by Crippen LogP contribution is -2.10. The van der Waals surface area contributed by atoms with Gasteiger partial charge in [0.25, 0.3) is 0 Å². The maximum absolute atomic E-state index is 10.2. The third-order valence-corrected chi connectivity index (χ3v) is 5.87. The Kier molecular flexibility index (Phi) is 4.04. The predicted molar refractivity (Wildman–Crippen MR) is 121 cm³/mol. The zero-order chi connectivity index (χ0) is 21.0. The van der Waals surface area contributed by atoms with Crippen LogP contribution in [-0.4, -0.2) is 10.2 Å². The van der Waals surface area contributed by atoms with Gasteiger partial charge in [-0.3, -0.25) is 0 Å². The Morgan fingerprint density at radius 2 is 1.47 bits per heavy atom. The van der Waals surface area contributed by atoms with Gasteiger partial charge in [-0.05, 0) is 63.2 Å². The molecule has 4 aromatic rings. The Morgan fingerprint density at radius 1 is 0.767 bits per heavy atom. The fourth-order valence-electron chi connectivity index (χ4n) is 4.25. The van der Waals surface area contributed by atoms with Gasteiger partial charge in [0.05, 0.1) is 0 Å². The van der Waals surface area contributed by atoms with Crippen LogP contribution >= 0.6 is 0 Å². The molecule has 5 rings (SSSR count). The molecule has 0 amide bonds. The summed E-state index contributed by atoms with van der Waals surface area (Å²) in [6, 6.07) is 21.6. The smallest absolute Gasteiger partial charge is 0.136 e. The van der Waals surface area contributed by atoms with Crippen molar-refractivity contribution in [3.63, 3.8) is 0 Å². The van der Waals surface area contributed by atoms with Gasteiger partial charge in [0.1, 0.15) is 23.9 Å². The fourth-order valence-corrected chi connectivity index (χ4v) is 4.25. The number of hydrogen-bond acceptors (Lipinski definition) is 3. The molecule has 0 radical (unpaired) electrons. The first-order valence-electron chi connectivity index (χ1n) is 10.2. The van der Waals surface area contributed by atoms with Crippen molar-refractivity contribution in [2.45, 2.75) is 32.8 Å². The molecule has 0 saturated heterocycles. The van der Waals surface area contributed by atoms with Crippen LogP contribution in [0, 0.1) is 0 Å². The maximum atomic E-state index is 10.2. The third kappa shape index (κ3) is 2.98. The van der Waals surface area contributed by atoms with Gasteiger partial charge in [-0.25, -0.2) is 0 Å². The second-order valence-electron chi connectivity index (χ2n) is 8.99. The van der Waals surface area contributed by atoms with Crippen LogP contribution < -0.4 is 4.74 Å². The summed E-state index contributed by atoms with van der Waals surface area (Å²) in [4.78, 5) is 0. The van der Waals surface area contributed by atoms with Gasteiger partial charge >= 0.3 is 0 Å². The Morgan fingerprint density at radius 3 is 2.20 bits per heavy atom. The molecule has 0 fully saturated rings. The zero-order valence-corrected chi connectivity index (χ0v) is 17.4. The van der Waals surface area contributed by atoms with Crippen LogP contribution in [-0.2, 0) is 12.0 Å². The number of benzene rings is 4. The summed E-state index contributed by atoms with van der Waals surface area (Å²) >= 11 is 0. The molecule has 0 spiro atoms. The largest absolute Gasteiger partial charge is 0.508 e. The van der Waals surface area contributed by atoms with Gasteiger partial charge in [0, 0.05) is 16.7 Å². The first-order chi connectivity index (χ1) is 14.3. The van der Waals surface area contributed by atoms with Gasteiger partial charge in [-0.1, -0.05) is 57.2 Å². The lowest BCUT2D eigenvalue weighted by molar-refractivity contribution is 0.303. The highest BCUT2D eigenvalue weighted by molar-refractivity contribution is 6.05. The number of hydrogen-bond donors (Lipinski definition) is 2. The summed E-state index contributed by atoms with van der Waals surface area (Å²) < 4.78 is 6.24. The van der Waals surface area contributed by atoms with E-state index in [1.807, 2.05) is 12.1 Å². The molecule has 0 atom stereocenters. The van der Waals surface area contributed by atoms with Gasteiger partial charge in [-0.15, -0.1) is 0 Å². The van der Waals surface area contributed by atoms with Gasteiger partial charge < -0.3 is 14.9 Å². The van der Waals surface area contributed by atoms with Crippen LogP contribution in [0.1, 0.15) is 31.9 Å². The number of rotatable bonds is 1. The molecule has 3 nitrogen and oxygen atoms in total. The summed E-state index contributed by atoms with van der Waals surface area (Å²) in [7, 11) is 0. The van der Waals surface area contributed by atoms with Crippen molar-refractivity contribution in [3.8, 4) is 39.5 Å². The van der Waals surface area contributed by atoms with Gasteiger partial charge in [0.15, 0.2) is 0 Å². The average molecular weight is 396 g/mol. The molecule has 2 N–H and O–H groups in total. The Bertz CT molecular complexity index is 1280. The van der Waals surface area contributed by atoms with Crippen molar-refractivity contribution in [1.29, 1.82) is 0 Å². The summed E-state index contributed by atoms with van der Waals surface area (Å²) in [5.74, 6) is 1.29. The first-order valence-corrected chi connectivity index (χ1v) is 10.2. The molecule has 1 aliphatic rings. The van der Waals surface area contributed by atoms with E-state index >= 15 is 0 Å². The molecule has 3 heteroatoms. The summed E-state index contributed by atoms with van der Waals surface area (Å²) in [5.41, 5.74) is 6.42. The van der Waals surface area contributed by atoms with Crippen molar-refractivity contribution >= 4 is 10.8 Å². The number of phenols is 2. The molecule has 0 aliphatic carbocycles. The van der Waals surface area contributed by atoms with Gasteiger partial charge in [-0.2, -0.15) is 0 Å². The molecule has 1 heterocycles. The minimum Gasteiger partial charge on any atom is -0.508 e. The molecule has 150 valence electrons. The van der Waals surface area contributed by atoms with Crippen LogP contribution in [0.2, 0.25) is 0 Å². The topological polar surface area (TPSA) is 49.7 Å². The Hall–Kier alpha value is -3.46. The number of aromatic hydroxyl groups is 2. The normalized spacial score (nSPS) is 12.9. The standard InChI is InChI=1S/C27H24O3/c1-27(2,3)19-7-4-16(5-8-19)25-23-14-21(29)9-6-17(23)13-24-22-11-10-20(28)12-18(22)15-30-26(24)25/h4-14,28-29H,15H2,1-3H3.